The summed E-state index contributed by atoms with van der Waals surface area (Å²) >= 11 is 0. The van der Waals surface area contributed by atoms with Crippen molar-refractivity contribution >= 4 is 5.69 Å². The maximum absolute atomic E-state index is 13.1. The number of hydrogen-bond donors (Lipinski definition) is 2. The van der Waals surface area contributed by atoms with Gasteiger partial charge in [0.1, 0.15) is 17.8 Å². The Morgan fingerprint density at radius 1 is 1.25 bits per heavy atom. The minimum absolute atomic E-state index is 0.172. The summed E-state index contributed by atoms with van der Waals surface area (Å²) < 4.78 is 26.2. The molecule has 0 saturated heterocycles. The van der Waals surface area contributed by atoms with Crippen LogP contribution in [-0.4, -0.2) is 26.7 Å². The van der Waals surface area contributed by atoms with E-state index in [1.807, 2.05) is 0 Å². The summed E-state index contributed by atoms with van der Waals surface area (Å²) in [6, 6.07) is 0. The van der Waals surface area contributed by atoms with Crippen LogP contribution in [-0.2, 0) is 6.42 Å². The fourth-order valence-electron chi connectivity index (χ4n) is 1.24. The number of nitrogens with zero attached hydrogens (tertiary/aromatic N) is 3. The average molecular weight is 225 g/mol. The number of aromatic amines is 1. The molecule has 16 heavy (non-hydrogen) atoms. The molecule has 0 radical (unpaired) electrons. The average Bonchev–Trinajstić information content (AvgIpc) is 2.75. The Hall–Kier alpha value is -2.05. The van der Waals surface area contributed by atoms with Crippen LogP contribution in [0, 0.1) is 11.6 Å². The van der Waals surface area contributed by atoms with Gasteiger partial charge in [-0.15, -0.1) is 0 Å². The van der Waals surface area contributed by atoms with E-state index in [4.69, 9.17) is 0 Å². The van der Waals surface area contributed by atoms with Crippen molar-refractivity contribution in [1.29, 1.82) is 0 Å². The lowest BCUT2D eigenvalue weighted by molar-refractivity contribution is 0.577. The Kier molecular flexibility index (Phi) is 3.04. The molecule has 2 rings (SSSR count). The summed E-state index contributed by atoms with van der Waals surface area (Å²) in [5.74, 6) is -0.766. The van der Waals surface area contributed by atoms with Gasteiger partial charge in [-0.25, -0.2) is 13.8 Å². The van der Waals surface area contributed by atoms with Crippen molar-refractivity contribution in [3.05, 3.63) is 36.2 Å². The van der Waals surface area contributed by atoms with Crippen molar-refractivity contribution in [3.63, 3.8) is 0 Å². The highest BCUT2D eigenvalue weighted by atomic mass is 19.1. The van der Waals surface area contributed by atoms with E-state index in [0.29, 0.717) is 18.8 Å². The molecule has 0 unspecified atom stereocenters. The van der Waals surface area contributed by atoms with Crippen LogP contribution in [0.3, 0.4) is 0 Å². The van der Waals surface area contributed by atoms with E-state index in [9.17, 15) is 8.78 Å². The summed E-state index contributed by atoms with van der Waals surface area (Å²) in [5.41, 5.74) is -0.172. The second-order valence-electron chi connectivity index (χ2n) is 3.09. The summed E-state index contributed by atoms with van der Waals surface area (Å²) in [4.78, 5) is 7.27. The maximum Gasteiger partial charge on any atom is 0.167 e. The predicted molar refractivity (Wildman–Crippen MR) is 52.7 cm³/mol. The Morgan fingerprint density at radius 2 is 2.00 bits per heavy atom. The molecule has 2 aromatic heterocycles. The van der Waals surface area contributed by atoms with E-state index in [1.54, 1.807) is 0 Å². The van der Waals surface area contributed by atoms with Crippen LogP contribution >= 0.6 is 0 Å². The van der Waals surface area contributed by atoms with E-state index < -0.39 is 11.6 Å². The van der Waals surface area contributed by atoms with Gasteiger partial charge in [-0.3, -0.25) is 10.1 Å². The van der Waals surface area contributed by atoms with Crippen molar-refractivity contribution in [2.75, 3.05) is 11.9 Å². The van der Waals surface area contributed by atoms with Crippen molar-refractivity contribution in [2.24, 2.45) is 0 Å². The van der Waals surface area contributed by atoms with Gasteiger partial charge in [0.25, 0.3) is 0 Å². The normalized spacial score (nSPS) is 10.4. The molecule has 2 aromatic rings. The zero-order chi connectivity index (χ0) is 11.4. The largest absolute Gasteiger partial charge is 0.380 e. The fourth-order valence-corrected chi connectivity index (χ4v) is 1.24. The summed E-state index contributed by atoms with van der Waals surface area (Å²) in [6.07, 6.45) is 3.80. The second-order valence-corrected chi connectivity index (χ2v) is 3.09. The molecule has 5 nitrogen and oxygen atoms in total. The Labute approximate surface area is 89.9 Å². The first-order valence-electron chi connectivity index (χ1n) is 4.64. The Bertz CT molecular complexity index is 437. The van der Waals surface area contributed by atoms with Crippen molar-refractivity contribution in [3.8, 4) is 0 Å². The predicted octanol–water partition coefficient (Wildman–Crippen LogP) is 1.13. The quantitative estimate of drug-likeness (QED) is 0.818. The van der Waals surface area contributed by atoms with Gasteiger partial charge in [0.2, 0.25) is 0 Å². The zero-order valence-electron chi connectivity index (χ0n) is 8.24. The number of halogens is 2. The molecule has 0 saturated carbocycles. The van der Waals surface area contributed by atoms with E-state index >= 15 is 0 Å². The molecular formula is C9H9F2N5. The third kappa shape index (κ3) is 2.30. The minimum atomic E-state index is -0.711. The molecule has 84 valence electrons. The summed E-state index contributed by atoms with van der Waals surface area (Å²) in [6.45, 7) is 0.354. The molecule has 0 aliphatic heterocycles. The van der Waals surface area contributed by atoms with Crippen LogP contribution in [0.25, 0.3) is 0 Å². The SMILES string of the molecule is Fc1cncc(F)c1NCCc1ncn[nH]1. The molecule has 0 aromatic carbocycles. The monoisotopic (exact) mass is 225 g/mol. The van der Waals surface area contributed by atoms with Crippen LogP contribution in [0.1, 0.15) is 5.82 Å². The van der Waals surface area contributed by atoms with E-state index in [-0.39, 0.29) is 5.69 Å². The highest BCUT2D eigenvalue weighted by molar-refractivity contribution is 5.44. The number of pyridine rings is 1. The van der Waals surface area contributed by atoms with Crippen LogP contribution in [0.4, 0.5) is 14.5 Å². The first kappa shape index (κ1) is 10.5. The van der Waals surface area contributed by atoms with Crippen molar-refractivity contribution in [1.82, 2.24) is 20.2 Å². The highest BCUT2D eigenvalue weighted by Gasteiger charge is 2.08. The summed E-state index contributed by atoms with van der Waals surface area (Å²) in [5, 5.41) is 8.95. The van der Waals surface area contributed by atoms with E-state index in [0.717, 1.165) is 12.4 Å². The zero-order valence-corrected chi connectivity index (χ0v) is 8.24. The lowest BCUT2D eigenvalue weighted by atomic mass is 10.3. The minimum Gasteiger partial charge on any atom is -0.380 e. The lowest BCUT2D eigenvalue weighted by Gasteiger charge is -2.06. The van der Waals surface area contributed by atoms with Crippen LogP contribution < -0.4 is 5.32 Å². The Balaban J connectivity index is 1.95. The number of H-pyrrole nitrogens is 1. The fraction of sp³-hybridized carbons (Fsp3) is 0.222. The van der Waals surface area contributed by atoms with Gasteiger partial charge < -0.3 is 5.32 Å². The van der Waals surface area contributed by atoms with Crippen LogP contribution in [0.15, 0.2) is 18.7 Å². The second kappa shape index (κ2) is 4.65. The third-order valence-corrected chi connectivity index (χ3v) is 1.98. The molecule has 2 heterocycles. The van der Waals surface area contributed by atoms with Gasteiger partial charge in [-0.2, -0.15) is 5.10 Å². The smallest absolute Gasteiger partial charge is 0.167 e. The molecule has 7 heteroatoms. The van der Waals surface area contributed by atoms with Gasteiger partial charge >= 0.3 is 0 Å². The first-order valence-corrected chi connectivity index (χ1v) is 4.64. The lowest BCUT2D eigenvalue weighted by Crippen LogP contribution is -2.09. The number of nitrogens with one attached hydrogen (secondary N) is 2. The number of rotatable bonds is 4. The number of hydrogen-bond acceptors (Lipinski definition) is 4. The molecular weight excluding hydrogens is 216 g/mol. The molecule has 0 fully saturated rings. The molecule has 0 aliphatic rings. The molecule has 0 amide bonds. The first-order chi connectivity index (χ1) is 7.77. The van der Waals surface area contributed by atoms with Gasteiger partial charge in [0.05, 0.1) is 12.4 Å². The van der Waals surface area contributed by atoms with Gasteiger partial charge in [-0.05, 0) is 0 Å². The van der Waals surface area contributed by atoms with Crippen LogP contribution in [0.2, 0.25) is 0 Å². The van der Waals surface area contributed by atoms with Gasteiger partial charge in [-0.1, -0.05) is 0 Å². The number of aromatic nitrogens is 4. The topological polar surface area (TPSA) is 66.5 Å². The standard InChI is InChI=1S/C9H9F2N5/c10-6-3-12-4-7(11)9(6)13-2-1-8-14-5-15-16-8/h3-5H,1-2H2,(H,12,13)(H,14,15,16). The Morgan fingerprint density at radius 3 is 2.62 bits per heavy atom. The molecule has 0 bridgehead atoms. The summed E-state index contributed by atoms with van der Waals surface area (Å²) in [7, 11) is 0. The molecule has 0 aliphatic carbocycles. The number of anilines is 1. The van der Waals surface area contributed by atoms with Gasteiger partial charge in [0.15, 0.2) is 11.6 Å². The van der Waals surface area contributed by atoms with Gasteiger partial charge in [0, 0.05) is 13.0 Å². The van der Waals surface area contributed by atoms with E-state index in [2.05, 4.69) is 25.5 Å². The molecule has 0 spiro atoms. The van der Waals surface area contributed by atoms with E-state index in [1.165, 1.54) is 6.33 Å². The molecule has 2 N–H and O–H groups in total. The highest BCUT2D eigenvalue weighted by Crippen LogP contribution is 2.15. The molecule has 0 atom stereocenters. The van der Waals surface area contributed by atoms with Crippen molar-refractivity contribution < 1.29 is 8.78 Å². The third-order valence-electron chi connectivity index (χ3n) is 1.98. The van der Waals surface area contributed by atoms with Crippen LogP contribution in [0.5, 0.6) is 0 Å². The maximum atomic E-state index is 13.1. The van der Waals surface area contributed by atoms with Crippen molar-refractivity contribution in [2.45, 2.75) is 6.42 Å².